The lowest BCUT2D eigenvalue weighted by Gasteiger charge is -2.12. The van der Waals surface area contributed by atoms with E-state index in [1.807, 2.05) is 0 Å². The van der Waals surface area contributed by atoms with Crippen molar-refractivity contribution in [3.05, 3.63) is 29.1 Å². The van der Waals surface area contributed by atoms with Crippen LogP contribution in [0.5, 0.6) is 5.75 Å². The van der Waals surface area contributed by atoms with Gasteiger partial charge in [-0.1, -0.05) is 0 Å². The molecular weight excluding hydrogens is 226 g/mol. The van der Waals surface area contributed by atoms with Crippen LogP contribution in [0.1, 0.15) is 11.1 Å². The first-order valence-electron chi connectivity index (χ1n) is 4.20. The number of methoxy groups -OCH3 is 1. The van der Waals surface area contributed by atoms with Gasteiger partial charge in [-0.15, -0.1) is 0 Å². The van der Waals surface area contributed by atoms with E-state index in [2.05, 4.69) is 4.74 Å². The maximum Gasteiger partial charge on any atom is 0.419 e. The Morgan fingerprint density at radius 1 is 1.38 bits per heavy atom. The molecule has 0 saturated heterocycles. The second kappa shape index (κ2) is 4.39. The maximum absolute atomic E-state index is 13.3. The van der Waals surface area contributed by atoms with Gasteiger partial charge in [0.25, 0.3) is 0 Å². The minimum Gasteiger partial charge on any atom is -0.497 e. The fourth-order valence-electron chi connectivity index (χ4n) is 1.19. The van der Waals surface area contributed by atoms with Gasteiger partial charge < -0.3 is 4.74 Å². The highest BCUT2D eigenvalue weighted by Crippen LogP contribution is 2.35. The molecule has 0 aliphatic rings. The van der Waals surface area contributed by atoms with Crippen molar-refractivity contribution in [2.75, 3.05) is 7.11 Å². The molecule has 0 aromatic heterocycles. The summed E-state index contributed by atoms with van der Waals surface area (Å²) in [4.78, 5) is 0. The lowest BCUT2D eigenvalue weighted by molar-refractivity contribution is -0.140. The van der Waals surface area contributed by atoms with Crippen molar-refractivity contribution in [2.45, 2.75) is 12.6 Å². The summed E-state index contributed by atoms with van der Waals surface area (Å²) >= 11 is 0. The number of nitriles is 1. The SMILES string of the molecule is COc1cc(CC#N)c(F)c(C(F)(F)F)c1. The van der Waals surface area contributed by atoms with Gasteiger partial charge in [0, 0.05) is 5.56 Å². The number of ether oxygens (including phenoxy) is 1. The smallest absolute Gasteiger partial charge is 0.419 e. The lowest BCUT2D eigenvalue weighted by Crippen LogP contribution is -2.10. The minimum absolute atomic E-state index is 0.126. The summed E-state index contributed by atoms with van der Waals surface area (Å²) in [5, 5.41) is 8.36. The molecule has 0 N–H and O–H groups in total. The molecule has 1 rings (SSSR count). The van der Waals surface area contributed by atoms with E-state index in [1.165, 1.54) is 7.11 Å². The normalized spacial score (nSPS) is 11.0. The molecule has 0 fully saturated rings. The zero-order chi connectivity index (χ0) is 12.3. The number of rotatable bonds is 2. The van der Waals surface area contributed by atoms with E-state index in [4.69, 9.17) is 5.26 Å². The molecule has 16 heavy (non-hydrogen) atoms. The number of benzene rings is 1. The summed E-state index contributed by atoms with van der Waals surface area (Å²) in [6.07, 6.45) is -5.24. The first kappa shape index (κ1) is 12.3. The molecule has 0 radical (unpaired) electrons. The predicted octanol–water partition coefficient (Wildman–Crippen LogP) is 2.92. The van der Waals surface area contributed by atoms with Crippen LogP contribution < -0.4 is 4.74 Å². The first-order valence-corrected chi connectivity index (χ1v) is 4.20. The Balaban J connectivity index is 3.38. The average Bonchev–Trinajstić information content (AvgIpc) is 2.19. The quantitative estimate of drug-likeness (QED) is 0.736. The predicted molar refractivity (Wildman–Crippen MR) is 47.3 cm³/mol. The van der Waals surface area contributed by atoms with Gasteiger partial charge in [-0.3, -0.25) is 0 Å². The molecule has 2 nitrogen and oxygen atoms in total. The highest BCUT2D eigenvalue weighted by molar-refractivity contribution is 5.38. The van der Waals surface area contributed by atoms with Gasteiger partial charge in [-0.2, -0.15) is 18.4 Å². The van der Waals surface area contributed by atoms with Crippen molar-refractivity contribution in [1.82, 2.24) is 0 Å². The number of alkyl halides is 3. The molecule has 1 aromatic carbocycles. The highest BCUT2D eigenvalue weighted by atomic mass is 19.4. The van der Waals surface area contributed by atoms with E-state index < -0.39 is 24.0 Å². The third-order valence-corrected chi connectivity index (χ3v) is 1.93. The first-order chi connectivity index (χ1) is 7.40. The molecule has 0 unspecified atom stereocenters. The Morgan fingerprint density at radius 2 is 2.00 bits per heavy atom. The Bertz CT molecular complexity index is 434. The summed E-state index contributed by atoms with van der Waals surface area (Å²) in [5.41, 5.74) is -1.74. The summed E-state index contributed by atoms with van der Waals surface area (Å²) in [7, 11) is 1.17. The second-order valence-corrected chi connectivity index (χ2v) is 2.98. The van der Waals surface area contributed by atoms with Crippen LogP contribution in [0.3, 0.4) is 0 Å². The van der Waals surface area contributed by atoms with Crippen molar-refractivity contribution in [3.63, 3.8) is 0 Å². The van der Waals surface area contributed by atoms with Crippen molar-refractivity contribution in [1.29, 1.82) is 5.26 Å². The standard InChI is InChI=1S/C10H7F4NO/c1-16-7-4-6(2-3-15)9(11)8(5-7)10(12,13)14/h4-5H,2H2,1H3. The summed E-state index contributed by atoms with van der Waals surface area (Å²) < 4.78 is 55.2. The highest BCUT2D eigenvalue weighted by Gasteiger charge is 2.35. The van der Waals surface area contributed by atoms with Crippen LogP contribution in [0.15, 0.2) is 12.1 Å². The molecule has 0 spiro atoms. The molecular formula is C10H7F4NO. The van der Waals surface area contributed by atoms with E-state index in [0.29, 0.717) is 6.07 Å². The molecule has 0 saturated carbocycles. The Morgan fingerprint density at radius 3 is 2.44 bits per heavy atom. The largest absolute Gasteiger partial charge is 0.497 e. The van der Waals surface area contributed by atoms with Crippen molar-refractivity contribution < 1.29 is 22.3 Å². The fourth-order valence-corrected chi connectivity index (χ4v) is 1.19. The van der Waals surface area contributed by atoms with Gasteiger partial charge in [-0.25, -0.2) is 4.39 Å². The Hall–Kier alpha value is -1.77. The fraction of sp³-hybridized carbons (Fsp3) is 0.300. The molecule has 86 valence electrons. The molecule has 6 heteroatoms. The summed E-state index contributed by atoms with van der Waals surface area (Å²) in [6.45, 7) is 0. The van der Waals surface area contributed by atoms with Gasteiger partial charge >= 0.3 is 6.18 Å². The van der Waals surface area contributed by atoms with Crippen molar-refractivity contribution in [2.24, 2.45) is 0 Å². The van der Waals surface area contributed by atoms with E-state index in [1.54, 1.807) is 6.07 Å². The van der Waals surface area contributed by atoms with Gasteiger partial charge in [0.2, 0.25) is 0 Å². The van der Waals surface area contributed by atoms with E-state index >= 15 is 0 Å². The van der Waals surface area contributed by atoms with Crippen molar-refractivity contribution in [3.8, 4) is 11.8 Å². The third-order valence-electron chi connectivity index (χ3n) is 1.93. The van der Waals surface area contributed by atoms with Gasteiger partial charge in [0.15, 0.2) is 0 Å². The average molecular weight is 233 g/mol. The van der Waals surface area contributed by atoms with Crippen LogP contribution in [-0.2, 0) is 12.6 Å². The minimum atomic E-state index is -4.80. The van der Waals surface area contributed by atoms with Crippen LogP contribution in [0.4, 0.5) is 17.6 Å². The molecule has 0 aliphatic heterocycles. The second-order valence-electron chi connectivity index (χ2n) is 2.98. The summed E-state index contributed by atoms with van der Waals surface area (Å²) in [6, 6.07) is 3.23. The number of hydrogen-bond acceptors (Lipinski definition) is 2. The molecule has 0 atom stereocenters. The van der Waals surface area contributed by atoms with Gasteiger partial charge in [0.05, 0.1) is 25.2 Å². The number of halogens is 4. The number of hydrogen-bond donors (Lipinski definition) is 0. The third kappa shape index (κ3) is 2.42. The van der Waals surface area contributed by atoms with Crippen LogP contribution in [0.2, 0.25) is 0 Å². The van der Waals surface area contributed by atoms with E-state index in [9.17, 15) is 17.6 Å². The van der Waals surface area contributed by atoms with Gasteiger partial charge in [-0.05, 0) is 12.1 Å². The summed E-state index contributed by atoms with van der Waals surface area (Å²) in [5.74, 6) is -1.55. The monoisotopic (exact) mass is 233 g/mol. The maximum atomic E-state index is 13.3. The van der Waals surface area contributed by atoms with E-state index in [0.717, 1.165) is 6.07 Å². The molecule has 0 heterocycles. The lowest BCUT2D eigenvalue weighted by atomic mass is 10.1. The van der Waals surface area contributed by atoms with E-state index in [-0.39, 0.29) is 11.3 Å². The Kier molecular flexibility index (Phi) is 3.38. The Labute approximate surface area is 89.1 Å². The van der Waals surface area contributed by atoms with Crippen molar-refractivity contribution >= 4 is 0 Å². The molecule has 0 bridgehead atoms. The van der Waals surface area contributed by atoms with Crippen LogP contribution in [-0.4, -0.2) is 7.11 Å². The number of nitrogens with zero attached hydrogens (tertiary/aromatic N) is 1. The van der Waals surface area contributed by atoms with Crippen LogP contribution >= 0.6 is 0 Å². The molecule has 0 amide bonds. The van der Waals surface area contributed by atoms with Crippen LogP contribution in [0.25, 0.3) is 0 Å². The zero-order valence-corrected chi connectivity index (χ0v) is 8.23. The zero-order valence-electron chi connectivity index (χ0n) is 8.23. The van der Waals surface area contributed by atoms with Crippen LogP contribution in [0, 0.1) is 17.1 Å². The topological polar surface area (TPSA) is 33.0 Å². The van der Waals surface area contributed by atoms with Gasteiger partial charge in [0.1, 0.15) is 11.6 Å². The molecule has 0 aliphatic carbocycles. The molecule has 1 aromatic rings.